The molecule has 0 saturated carbocycles. The summed E-state index contributed by atoms with van der Waals surface area (Å²) in [4.78, 5) is 27.7. The number of halogens is 1. The molecule has 0 aliphatic heterocycles. The molecule has 9 heteroatoms. The van der Waals surface area contributed by atoms with Crippen molar-refractivity contribution in [1.82, 2.24) is 25.1 Å². The van der Waals surface area contributed by atoms with E-state index in [0.29, 0.717) is 11.3 Å². The van der Waals surface area contributed by atoms with Gasteiger partial charge >= 0.3 is 0 Å². The number of amides is 1. The van der Waals surface area contributed by atoms with Crippen LogP contribution in [0.25, 0.3) is 16.6 Å². The van der Waals surface area contributed by atoms with Gasteiger partial charge in [0, 0.05) is 0 Å². The Balaban J connectivity index is 1.69. The molecule has 2 aromatic heterocycles. The second-order valence-corrected chi connectivity index (χ2v) is 6.28. The predicted octanol–water partition coefficient (Wildman–Crippen LogP) is 2.21. The van der Waals surface area contributed by atoms with Gasteiger partial charge < -0.3 is 15.0 Å². The van der Waals surface area contributed by atoms with Crippen LogP contribution in [-0.2, 0) is 0 Å². The molecule has 8 nitrogen and oxygen atoms in total. The number of nitrogens with one attached hydrogen (secondary N) is 2. The summed E-state index contributed by atoms with van der Waals surface area (Å²) in [5.74, 6) is -0.319. The summed E-state index contributed by atoms with van der Waals surface area (Å²) in [7, 11) is 1.58. The van der Waals surface area contributed by atoms with Crippen molar-refractivity contribution in [3.05, 3.63) is 69.9 Å². The van der Waals surface area contributed by atoms with E-state index in [0.717, 1.165) is 5.56 Å². The largest absolute Gasteiger partial charge is 0.497 e. The van der Waals surface area contributed by atoms with Crippen molar-refractivity contribution in [2.24, 2.45) is 0 Å². The zero-order chi connectivity index (χ0) is 19.8. The van der Waals surface area contributed by atoms with Gasteiger partial charge in [0.2, 0.25) is 0 Å². The molecule has 0 bridgehead atoms. The van der Waals surface area contributed by atoms with E-state index in [1.54, 1.807) is 19.2 Å². The quantitative estimate of drug-likeness (QED) is 0.564. The van der Waals surface area contributed by atoms with E-state index in [4.69, 9.17) is 4.74 Å². The molecule has 2 aromatic carbocycles. The minimum absolute atomic E-state index is 0.00135. The molecule has 1 amide bonds. The molecule has 0 aliphatic carbocycles. The van der Waals surface area contributed by atoms with Crippen LogP contribution in [-0.4, -0.2) is 32.8 Å². The molecule has 2 N–H and O–H groups in total. The average molecular weight is 381 g/mol. The van der Waals surface area contributed by atoms with Crippen LogP contribution in [0.1, 0.15) is 29.0 Å². The maximum atomic E-state index is 13.4. The summed E-state index contributed by atoms with van der Waals surface area (Å²) >= 11 is 0. The highest BCUT2D eigenvalue weighted by atomic mass is 19.1. The maximum absolute atomic E-state index is 13.4. The van der Waals surface area contributed by atoms with Crippen LogP contribution < -0.4 is 15.6 Å². The molecule has 142 valence electrons. The summed E-state index contributed by atoms with van der Waals surface area (Å²) in [6.45, 7) is 1.81. The highest BCUT2D eigenvalue weighted by molar-refractivity contribution is 5.99. The van der Waals surface area contributed by atoms with Gasteiger partial charge in [-0.2, -0.15) is 0 Å². The third-order valence-corrected chi connectivity index (χ3v) is 4.50. The molecule has 2 heterocycles. The van der Waals surface area contributed by atoms with Crippen molar-refractivity contribution < 1.29 is 13.9 Å². The van der Waals surface area contributed by atoms with Crippen LogP contribution in [0.2, 0.25) is 0 Å². The molecule has 0 spiro atoms. The lowest BCUT2D eigenvalue weighted by molar-refractivity contribution is 0.0936. The van der Waals surface area contributed by atoms with Gasteiger partial charge in [-0.05, 0) is 42.8 Å². The number of nitrogens with zero attached hydrogens (tertiary/aromatic N) is 3. The number of H-pyrrole nitrogens is 1. The second kappa shape index (κ2) is 6.76. The lowest BCUT2D eigenvalue weighted by Crippen LogP contribution is -2.28. The summed E-state index contributed by atoms with van der Waals surface area (Å²) in [6, 6.07) is 10.8. The molecule has 4 rings (SSSR count). The summed E-state index contributed by atoms with van der Waals surface area (Å²) < 4.78 is 19.8. The fraction of sp³-hybridized carbons (Fsp3) is 0.158. The number of benzene rings is 2. The van der Waals surface area contributed by atoms with Gasteiger partial charge in [-0.3, -0.25) is 9.59 Å². The third kappa shape index (κ3) is 2.96. The van der Waals surface area contributed by atoms with Crippen LogP contribution in [0.5, 0.6) is 5.75 Å². The highest BCUT2D eigenvalue weighted by Crippen LogP contribution is 2.19. The number of carbonyl (C=O) groups is 1. The van der Waals surface area contributed by atoms with Crippen LogP contribution in [0.3, 0.4) is 0 Å². The standard InChI is InChI=1S/C19H16FN5O3/c1-10(11-3-6-13(28-2)7-4-11)21-18(26)16-17-19(27)22-14-9-12(20)5-8-15(14)25(17)24-23-16/h3-10H,1-2H3,(H,21,26)(H,22,27)/t10-/m0/s1. The van der Waals surface area contributed by atoms with Crippen LogP contribution >= 0.6 is 0 Å². The lowest BCUT2D eigenvalue weighted by Gasteiger charge is -2.14. The normalized spacial score (nSPS) is 12.2. The minimum atomic E-state index is -0.578. The monoisotopic (exact) mass is 381 g/mol. The number of aromatic nitrogens is 4. The molecule has 0 unspecified atom stereocenters. The fourth-order valence-electron chi connectivity index (χ4n) is 3.02. The zero-order valence-electron chi connectivity index (χ0n) is 15.1. The van der Waals surface area contributed by atoms with Gasteiger partial charge in [-0.25, -0.2) is 8.91 Å². The van der Waals surface area contributed by atoms with Crippen molar-refractivity contribution in [3.8, 4) is 5.75 Å². The second-order valence-electron chi connectivity index (χ2n) is 6.28. The summed E-state index contributed by atoms with van der Waals surface area (Å²) in [5.41, 5.74) is 0.879. The van der Waals surface area contributed by atoms with Gasteiger partial charge in [0.15, 0.2) is 11.2 Å². The Kier molecular flexibility index (Phi) is 4.26. The van der Waals surface area contributed by atoms with Gasteiger partial charge in [0.25, 0.3) is 11.5 Å². The average Bonchev–Trinajstić information content (AvgIpc) is 3.14. The van der Waals surface area contributed by atoms with Crippen molar-refractivity contribution in [1.29, 1.82) is 0 Å². The van der Waals surface area contributed by atoms with Crippen molar-refractivity contribution in [2.45, 2.75) is 13.0 Å². The molecular formula is C19H16FN5O3. The SMILES string of the molecule is COc1ccc([C@H](C)NC(=O)c2nnn3c2c(=O)[nH]c2cc(F)ccc23)cc1. The molecule has 0 aliphatic rings. The first kappa shape index (κ1) is 17.7. The summed E-state index contributed by atoms with van der Waals surface area (Å²) in [6.07, 6.45) is 0. The van der Waals surface area contributed by atoms with E-state index in [1.165, 1.54) is 22.7 Å². The van der Waals surface area contributed by atoms with Gasteiger partial charge in [-0.1, -0.05) is 17.3 Å². The number of carbonyl (C=O) groups excluding carboxylic acids is 1. The highest BCUT2D eigenvalue weighted by Gasteiger charge is 2.21. The molecule has 0 radical (unpaired) electrons. The molecule has 1 atom stereocenters. The van der Waals surface area contributed by atoms with E-state index >= 15 is 0 Å². The van der Waals surface area contributed by atoms with E-state index in [-0.39, 0.29) is 22.8 Å². The zero-order valence-corrected chi connectivity index (χ0v) is 15.1. The van der Waals surface area contributed by atoms with E-state index in [1.807, 2.05) is 19.1 Å². The predicted molar refractivity (Wildman–Crippen MR) is 99.9 cm³/mol. The first-order chi connectivity index (χ1) is 13.5. The minimum Gasteiger partial charge on any atom is -0.497 e. The third-order valence-electron chi connectivity index (χ3n) is 4.50. The van der Waals surface area contributed by atoms with Crippen molar-refractivity contribution in [2.75, 3.05) is 7.11 Å². The van der Waals surface area contributed by atoms with Crippen LogP contribution in [0.4, 0.5) is 4.39 Å². The first-order valence-corrected chi connectivity index (χ1v) is 8.49. The van der Waals surface area contributed by atoms with Crippen LogP contribution in [0, 0.1) is 5.82 Å². The van der Waals surface area contributed by atoms with Gasteiger partial charge in [-0.15, -0.1) is 5.10 Å². The summed E-state index contributed by atoms with van der Waals surface area (Å²) in [5, 5.41) is 10.6. The first-order valence-electron chi connectivity index (χ1n) is 8.49. The Bertz CT molecular complexity index is 1250. The Hall–Kier alpha value is -3.75. The molecule has 0 fully saturated rings. The Morgan fingerprint density at radius 2 is 2.00 bits per heavy atom. The maximum Gasteiger partial charge on any atom is 0.277 e. The number of hydrogen-bond acceptors (Lipinski definition) is 5. The number of fused-ring (bicyclic) bond motifs is 3. The topological polar surface area (TPSA) is 101 Å². The Labute approximate surface area is 157 Å². The molecule has 4 aromatic rings. The van der Waals surface area contributed by atoms with Gasteiger partial charge in [0.1, 0.15) is 11.6 Å². The molecule has 0 saturated heterocycles. The number of ether oxygens (including phenoxy) is 1. The van der Waals surface area contributed by atoms with Gasteiger partial charge in [0.05, 0.1) is 24.2 Å². The van der Waals surface area contributed by atoms with Crippen LogP contribution in [0.15, 0.2) is 47.3 Å². The number of rotatable bonds is 4. The van der Waals surface area contributed by atoms with E-state index < -0.39 is 17.3 Å². The fourth-order valence-corrected chi connectivity index (χ4v) is 3.02. The van der Waals surface area contributed by atoms with E-state index in [9.17, 15) is 14.0 Å². The number of methoxy groups -OCH3 is 1. The number of aromatic amines is 1. The van der Waals surface area contributed by atoms with Crippen molar-refractivity contribution >= 4 is 22.5 Å². The Morgan fingerprint density at radius 1 is 1.25 bits per heavy atom. The smallest absolute Gasteiger partial charge is 0.277 e. The molecule has 28 heavy (non-hydrogen) atoms. The molecular weight excluding hydrogens is 365 g/mol. The van der Waals surface area contributed by atoms with E-state index in [2.05, 4.69) is 20.6 Å². The lowest BCUT2D eigenvalue weighted by atomic mass is 10.1. The van der Waals surface area contributed by atoms with Crippen molar-refractivity contribution in [3.63, 3.8) is 0 Å². The Morgan fingerprint density at radius 3 is 2.71 bits per heavy atom. The number of hydrogen-bond donors (Lipinski definition) is 2.